The standard InChI is InChI=1S/C11H21BN2O2/c1-10(2)11(3,4)16-12(15-10)9-7-8-13(5)14(9)6/h7-9H,1-6H3. The summed E-state index contributed by atoms with van der Waals surface area (Å²) in [6, 6.07) is 0. The van der Waals surface area contributed by atoms with Gasteiger partial charge in [-0.1, -0.05) is 6.08 Å². The van der Waals surface area contributed by atoms with Gasteiger partial charge < -0.3 is 14.3 Å². The minimum atomic E-state index is -0.256. The SMILES string of the molecule is CN1C=CC(B2OC(C)(C)C(C)(C)O2)N1C. The van der Waals surface area contributed by atoms with Crippen LogP contribution in [0.2, 0.25) is 0 Å². The van der Waals surface area contributed by atoms with Crippen molar-refractivity contribution in [2.24, 2.45) is 0 Å². The number of likely N-dealkylation sites (N-methyl/N-ethyl adjacent to an activating group) is 1. The van der Waals surface area contributed by atoms with Gasteiger partial charge >= 0.3 is 7.12 Å². The van der Waals surface area contributed by atoms with E-state index in [0.717, 1.165) is 0 Å². The fourth-order valence-electron chi connectivity index (χ4n) is 1.95. The van der Waals surface area contributed by atoms with Gasteiger partial charge in [0.05, 0.1) is 17.1 Å². The first-order valence-corrected chi connectivity index (χ1v) is 5.74. The average molecular weight is 224 g/mol. The lowest BCUT2D eigenvalue weighted by atomic mass is 9.78. The Kier molecular flexibility index (Phi) is 2.61. The molecule has 0 aliphatic carbocycles. The molecule has 2 aliphatic heterocycles. The van der Waals surface area contributed by atoms with Gasteiger partial charge in [0.15, 0.2) is 0 Å². The third kappa shape index (κ3) is 1.67. The third-order valence-corrected chi connectivity index (χ3v) is 3.98. The van der Waals surface area contributed by atoms with Gasteiger partial charge in [-0.3, -0.25) is 0 Å². The maximum atomic E-state index is 6.02. The largest absolute Gasteiger partial charge is 0.482 e. The fraction of sp³-hybridized carbons (Fsp3) is 0.818. The van der Waals surface area contributed by atoms with Crippen LogP contribution in [-0.4, -0.2) is 48.4 Å². The van der Waals surface area contributed by atoms with E-state index in [1.165, 1.54) is 0 Å². The second kappa shape index (κ2) is 3.49. The van der Waals surface area contributed by atoms with Crippen molar-refractivity contribution in [3.63, 3.8) is 0 Å². The molecule has 90 valence electrons. The Hall–Kier alpha value is -0.515. The minimum absolute atomic E-state index is 0.158. The van der Waals surface area contributed by atoms with Crippen LogP contribution in [0.1, 0.15) is 27.7 Å². The molecule has 0 N–H and O–H groups in total. The fourth-order valence-corrected chi connectivity index (χ4v) is 1.95. The average Bonchev–Trinajstić information content (AvgIpc) is 2.54. The molecular weight excluding hydrogens is 203 g/mol. The highest BCUT2D eigenvalue weighted by Crippen LogP contribution is 2.38. The van der Waals surface area contributed by atoms with Crippen molar-refractivity contribution in [2.45, 2.75) is 44.8 Å². The molecule has 1 atom stereocenters. The quantitative estimate of drug-likeness (QED) is 0.626. The first-order chi connectivity index (χ1) is 7.24. The summed E-state index contributed by atoms with van der Waals surface area (Å²) in [5.41, 5.74) is -0.513. The molecule has 0 aromatic heterocycles. The topological polar surface area (TPSA) is 24.9 Å². The summed E-state index contributed by atoms with van der Waals surface area (Å²) in [5.74, 6) is 0.158. The molecule has 0 amide bonds. The summed E-state index contributed by atoms with van der Waals surface area (Å²) in [6.07, 6.45) is 4.15. The molecule has 1 fully saturated rings. The van der Waals surface area contributed by atoms with Crippen LogP contribution in [-0.2, 0) is 9.31 Å². The lowest BCUT2D eigenvalue weighted by Crippen LogP contribution is -2.46. The highest BCUT2D eigenvalue weighted by atomic mass is 16.7. The molecule has 0 saturated carbocycles. The Balaban J connectivity index is 2.13. The summed E-state index contributed by atoms with van der Waals surface area (Å²) in [5, 5.41) is 4.15. The van der Waals surface area contributed by atoms with Crippen LogP contribution in [0.5, 0.6) is 0 Å². The number of hydrogen-bond acceptors (Lipinski definition) is 4. The maximum absolute atomic E-state index is 6.02. The van der Waals surface area contributed by atoms with Crippen LogP contribution in [0.4, 0.5) is 0 Å². The molecule has 2 aliphatic rings. The normalized spacial score (nSPS) is 32.8. The molecule has 0 spiro atoms. The zero-order valence-electron chi connectivity index (χ0n) is 11.0. The van der Waals surface area contributed by atoms with Crippen LogP contribution < -0.4 is 0 Å². The lowest BCUT2D eigenvalue weighted by Gasteiger charge is -2.32. The van der Waals surface area contributed by atoms with E-state index < -0.39 is 0 Å². The molecule has 2 heterocycles. The van der Waals surface area contributed by atoms with E-state index in [1.807, 2.05) is 25.3 Å². The summed E-state index contributed by atoms with van der Waals surface area (Å²) >= 11 is 0. The van der Waals surface area contributed by atoms with E-state index in [1.54, 1.807) is 0 Å². The number of rotatable bonds is 1. The van der Waals surface area contributed by atoms with Crippen LogP contribution in [0.15, 0.2) is 12.3 Å². The van der Waals surface area contributed by atoms with Crippen molar-refractivity contribution in [1.82, 2.24) is 10.0 Å². The van der Waals surface area contributed by atoms with Crippen LogP contribution >= 0.6 is 0 Å². The van der Waals surface area contributed by atoms with Crippen LogP contribution in [0.25, 0.3) is 0 Å². The molecule has 4 nitrogen and oxygen atoms in total. The van der Waals surface area contributed by atoms with E-state index in [0.29, 0.717) is 0 Å². The summed E-state index contributed by atoms with van der Waals surface area (Å²) in [7, 11) is 3.86. The molecule has 0 aromatic rings. The zero-order valence-corrected chi connectivity index (χ0v) is 11.0. The maximum Gasteiger partial charge on any atom is 0.482 e. The Morgan fingerprint density at radius 3 is 1.94 bits per heavy atom. The molecule has 5 heteroatoms. The van der Waals surface area contributed by atoms with Crippen molar-refractivity contribution >= 4 is 7.12 Å². The highest BCUT2D eigenvalue weighted by Gasteiger charge is 2.55. The van der Waals surface area contributed by atoms with Gasteiger partial charge in [0.1, 0.15) is 0 Å². The molecule has 2 rings (SSSR count). The van der Waals surface area contributed by atoms with E-state index in [9.17, 15) is 0 Å². The minimum Gasteiger partial charge on any atom is -0.402 e. The number of nitrogens with zero attached hydrogens (tertiary/aromatic N) is 2. The number of hydrazine groups is 1. The van der Waals surface area contributed by atoms with Gasteiger partial charge in [0, 0.05) is 20.3 Å². The lowest BCUT2D eigenvalue weighted by molar-refractivity contribution is 0.00578. The van der Waals surface area contributed by atoms with E-state index >= 15 is 0 Å². The molecule has 16 heavy (non-hydrogen) atoms. The van der Waals surface area contributed by atoms with Crippen molar-refractivity contribution in [1.29, 1.82) is 0 Å². The van der Waals surface area contributed by atoms with Crippen molar-refractivity contribution in [3.8, 4) is 0 Å². The zero-order chi connectivity index (χ0) is 12.1. The van der Waals surface area contributed by atoms with Crippen LogP contribution in [0.3, 0.4) is 0 Å². The molecule has 0 bridgehead atoms. The van der Waals surface area contributed by atoms with Gasteiger partial charge in [0.25, 0.3) is 0 Å². The van der Waals surface area contributed by atoms with Gasteiger partial charge in [-0.25, -0.2) is 5.01 Å². The van der Waals surface area contributed by atoms with E-state index in [2.05, 4.69) is 38.8 Å². The van der Waals surface area contributed by atoms with Gasteiger partial charge in [-0.2, -0.15) is 0 Å². The summed E-state index contributed by atoms with van der Waals surface area (Å²) in [4.78, 5) is 0. The molecule has 1 saturated heterocycles. The van der Waals surface area contributed by atoms with Gasteiger partial charge in [0.2, 0.25) is 0 Å². The molecule has 0 radical (unpaired) electrons. The third-order valence-electron chi connectivity index (χ3n) is 3.98. The Bertz CT molecular complexity index is 301. The Labute approximate surface area is 98.3 Å². The number of hydrogen-bond donors (Lipinski definition) is 0. The van der Waals surface area contributed by atoms with Crippen molar-refractivity contribution in [3.05, 3.63) is 12.3 Å². The predicted molar refractivity (Wildman–Crippen MR) is 64.5 cm³/mol. The van der Waals surface area contributed by atoms with Gasteiger partial charge in [-0.15, -0.1) is 0 Å². The molecular formula is C11H21BN2O2. The van der Waals surface area contributed by atoms with Gasteiger partial charge in [-0.05, 0) is 27.7 Å². The Morgan fingerprint density at radius 1 is 1.06 bits per heavy atom. The van der Waals surface area contributed by atoms with E-state index in [-0.39, 0.29) is 24.3 Å². The second-order valence-corrected chi connectivity index (χ2v) is 5.60. The highest BCUT2D eigenvalue weighted by molar-refractivity contribution is 6.48. The summed E-state index contributed by atoms with van der Waals surface area (Å²) in [6.45, 7) is 8.32. The first kappa shape index (κ1) is 12.0. The molecule has 1 unspecified atom stereocenters. The van der Waals surface area contributed by atoms with E-state index in [4.69, 9.17) is 9.31 Å². The van der Waals surface area contributed by atoms with Crippen molar-refractivity contribution < 1.29 is 9.31 Å². The Morgan fingerprint density at radius 2 is 1.56 bits per heavy atom. The smallest absolute Gasteiger partial charge is 0.402 e. The van der Waals surface area contributed by atoms with Crippen molar-refractivity contribution in [2.75, 3.05) is 14.1 Å². The first-order valence-electron chi connectivity index (χ1n) is 5.74. The van der Waals surface area contributed by atoms with Crippen LogP contribution in [0, 0.1) is 0 Å². The molecule has 0 aromatic carbocycles. The predicted octanol–water partition coefficient (Wildman–Crippen LogP) is 1.29. The summed E-state index contributed by atoms with van der Waals surface area (Å²) < 4.78 is 12.0. The monoisotopic (exact) mass is 224 g/mol. The second-order valence-electron chi connectivity index (χ2n) is 5.60.